The molecule has 12 unspecified atom stereocenters. The summed E-state index contributed by atoms with van der Waals surface area (Å²) in [5.41, 5.74) is 23.2. The fourth-order valence-corrected chi connectivity index (χ4v) is 13.7. The van der Waals surface area contributed by atoms with Gasteiger partial charge in [-0.2, -0.15) is 17.2 Å². The predicted octanol–water partition coefficient (Wildman–Crippen LogP) is 0.943. The van der Waals surface area contributed by atoms with Crippen molar-refractivity contribution in [2.75, 3.05) is 36.1 Å². The number of ether oxygens (including phenoxy) is 4. The molecule has 0 amide bonds. The average molecular weight is 1320 g/mol. The molecule has 2 fully saturated rings. The van der Waals surface area contributed by atoms with E-state index in [1.807, 2.05) is 0 Å². The first-order valence-corrected chi connectivity index (χ1v) is 31.3. The van der Waals surface area contributed by atoms with Crippen molar-refractivity contribution in [2.45, 2.75) is 49.1 Å². The largest absolute Gasteiger partial charge is 0.490 e. The second-order valence-corrected chi connectivity index (χ2v) is 26.0. The van der Waals surface area contributed by atoms with E-state index in [1.54, 1.807) is 0 Å². The third-order valence-electron chi connectivity index (χ3n) is 10.5. The van der Waals surface area contributed by atoms with Crippen LogP contribution in [0, 0.1) is 0 Å². The number of halogens is 2. The number of aliphatic hydroxyl groups is 2. The Morgan fingerprint density at radius 1 is 0.537 bits per heavy atom. The van der Waals surface area contributed by atoms with Crippen molar-refractivity contribution in [2.24, 2.45) is 0 Å². The van der Waals surface area contributed by atoms with Crippen molar-refractivity contribution in [1.29, 1.82) is 0 Å². The van der Waals surface area contributed by atoms with E-state index >= 15 is 0 Å². The molecule has 0 saturated carbocycles. The molecule has 0 bridgehead atoms. The third-order valence-corrected chi connectivity index (χ3v) is 18.6. The average Bonchev–Trinajstić information content (AvgIpc) is 2.56. The highest BCUT2D eigenvalue weighted by molar-refractivity contribution is 7.67. The van der Waals surface area contributed by atoms with Gasteiger partial charge >= 0.3 is 58.9 Å². The Morgan fingerprint density at radius 3 is 1.38 bits per heavy atom. The van der Waals surface area contributed by atoms with Gasteiger partial charge < -0.3 is 91.2 Å². The number of hydrogen-bond donors (Lipinski definition) is 14. The van der Waals surface area contributed by atoms with Crippen LogP contribution in [0.2, 0.25) is 10.0 Å². The van der Waals surface area contributed by atoms with Crippen molar-refractivity contribution >= 4 is 127 Å². The van der Waals surface area contributed by atoms with Gasteiger partial charge in [-0.25, -0.2) is 66.9 Å². The van der Waals surface area contributed by atoms with E-state index in [0.29, 0.717) is 0 Å². The van der Waals surface area contributed by atoms with Crippen LogP contribution in [-0.2, 0) is 72.6 Å². The number of rotatable bonds is 20. The molecule has 448 valence electrons. The molecule has 0 radical (unpaired) electrons. The number of phosphoric ester groups is 2. The molecule has 40 nitrogen and oxygen atoms in total. The van der Waals surface area contributed by atoms with Gasteiger partial charge in [-0.3, -0.25) is 18.2 Å². The normalized spacial score (nSPS) is 24.1. The molecule has 4 aromatic heterocycles. The van der Waals surface area contributed by atoms with E-state index in [1.165, 1.54) is 58.2 Å². The Morgan fingerprint density at radius 2 is 0.939 bits per heavy atom. The van der Waals surface area contributed by atoms with Crippen molar-refractivity contribution in [3.63, 3.8) is 0 Å². The number of carbonyl (C=O) groups excluding carboxylic acids is 2. The summed E-state index contributed by atoms with van der Waals surface area (Å²) in [5, 5.41) is 22.3. The quantitative estimate of drug-likeness (QED) is 0.0287. The van der Waals surface area contributed by atoms with Gasteiger partial charge in [0.1, 0.15) is 48.1 Å². The molecular weight excluding hydrogens is 1280 g/mol. The number of aromatic nitrogens is 8. The van der Waals surface area contributed by atoms with Gasteiger partial charge in [0, 0.05) is 21.4 Å². The molecule has 6 aromatic rings. The van der Waals surface area contributed by atoms with E-state index in [4.69, 9.17) is 84.7 Å². The highest BCUT2D eigenvalue weighted by Crippen LogP contribution is 2.67. The van der Waals surface area contributed by atoms with Crippen LogP contribution in [0.1, 0.15) is 33.2 Å². The molecule has 2 saturated heterocycles. The number of carbonyl (C=O) groups is 2. The van der Waals surface area contributed by atoms with E-state index in [2.05, 4.69) is 56.2 Å². The summed E-state index contributed by atoms with van der Waals surface area (Å²) in [7, 11) is -34.1. The number of benzene rings is 2. The minimum absolute atomic E-state index is 0.00939. The molecule has 82 heavy (non-hydrogen) atoms. The van der Waals surface area contributed by atoms with Gasteiger partial charge in [-0.15, -0.1) is 0 Å². The highest BCUT2D eigenvalue weighted by atomic mass is 35.5. The molecular formula is C34H40Cl2N12O28P6. The molecule has 48 heteroatoms. The molecule has 0 aliphatic carbocycles. The fourth-order valence-electron chi connectivity index (χ4n) is 7.28. The molecule has 2 aromatic carbocycles. The molecule has 12 atom stereocenters. The summed E-state index contributed by atoms with van der Waals surface area (Å²) in [4.78, 5) is 123. The van der Waals surface area contributed by atoms with Crippen molar-refractivity contribution in [3.8, 4) is 0 Å². The number of hydrogen-bond acceptors (Lipinski definition) is 30. The van der Waals surface area contributed by atoms with Crippen molar-refractivity contribution in [1.82, 2.24) is 39.0 Å². The minimum Gasteiger partial charge on any atom is -0.453 e. The molecule has 2 aliphatic rings. The van der Waals surface area contributed by atoms with Crippen LogP contribution < -0.4 is 22.9 Å². The Kier molecular flexibility index (Phi) is 19.6. The van der Waals surface area contributed by atoms with Gasteiger partial charge in [0.2, 0.25) is 0 Å². The van der Waals surface area contributed by atoms with E-state index < -0.39 is 121 Å². The molecule has 18 N–H and O–H groups in total. The highest BCUT2D eigenvalue weighted by Gasteiger charge is 2.52. The second-order valence-electron chi connectivity index (χ2n) is 16.3. The summed E-state index contributed by atoms with van der Waals surface area (Å²) in [6.45, 7) is -2.12. The lowest BCUT2D eigenvalue weighted by Crippen LogP contribution is -2.38. The van der Waals surface area contributed by atoms with Gasteiger partial charge in [-0.1, -0.05) is 23.2 Å². The summed E-state index contributed by atoms with van der Waals surface area (Å²) in [6.07, 6.45) is -8.33. The molecule has 8 rings (SSSR count). The number of nitrogens with two attached hydrogens (primary N) is 4. The number of fused-ring (bicyclic) bond motifs is 2. The van der Waals surface area contributed by atoms with Crippen LogP contribution in [0.25, 0.3) is 22.3 Å². The number of anilines is 4. The van der Waals surface area contributed by atoms with E-state index in [0.717, 1.165) is 12.7 Å². The van der Waals surface area contributed by atoms with Crippen LogP contribution >= 0.6 is 70.1 Å². The first kappa shape index (κ1) is 64.5. The van der Waals surface area contributed by atoms with Crippen LogP contribution in [0.5, 0.6) is 0 Å². The Bertz CT molecular complexity index is 3710. The Balaban J connectivity index is 0.000000236. The second kappa shape index (κ2) is 24.9. The number of imidazole rings is 2. The number of nitrogens with zero attached hydrogens (tertiary/aromatic N) is 8. The van der Waals surface area contributed by atoms with Crippen LogP contribution in [0.4, 0.5) is 23.0 Å². The zero-order chi connectivity index (χ0) is 60.7. The summed E-state index contributed by atoms with van der Waals surface area (Å²) in [5.74, 6) is -2.17. The molecule has 6 heterocycles. The Labute approximate surface area is 464 Å². The maximum absolute atomic E-state index is 13.0. The monoisotopic (exact) mass is 1320 g/mol. The van der Waals surface area contributed by atoms with Crippen LogP contribution in [0.3, 0.4) is 0 Å². The van der Waals surface area contributed by atoms with Gasteiger partial charge in [0.25, 0.3) is 0 Å². The maximum Gasteiger partial charge on any atom is 0.490 e. The van der Waals surface area contributed by atoms with Crippen molar-refractivity contribution in [3.05, 3.63) is 82.9 Å². The zero-order valence-electron chi connectivity index (χ0n) is 40.0. The Hall–Kier alpha value is -5.08. The molecule has 2 aliphatic heterocycles. The summed E-state index contributed by atoms with van der Waals surface area (Å²) >= 11 is 11.9. The maximum atomic E-state index is 13.0. The number of nitrogen functional groups attached to an aromatic ring is 4. The SMILES string of the molecule is Nc1ccc(Cl)cc1C(=O)OC1C(COP(=O)(O)OP(=O)(O)OP(=O)(O)O)OC(n2cnc3c(N)ncnc32)C1O.Nc1ccc(Cl)cc1C(=O)OC1C(O)C(COP(=O)(O)OP(=O)(O)OP(=O)(O)O)OC1n1cnc2c(N)ncnc21. The number of phosphoric acid groups is 6. The number of aliphatic hydroxyl groups excluding tert-OH is 2. The lowest BCUT2D eigenvalue weighted by molar-refractivity contribution is -0.0558. The standard InChI is InChI=1S/2C17H20ClN6O14P3/c18-7-1-2-9(19)8(3-7)17(26)36-13-10(4-34-40(30,31)38-41(32,33)37-39(27,28)29)35-16(12(13)25)24-6-23-11-14(20)21-5-22-15(11)24;18-7-1-2-9(19)8(3-7)17(26)36-13-12(25)10(4-34-40(30,31)38-41(32,33)37-39(27,28)29)35-16(13)24-6-23-11-14(20)21-5-22-15(11)24/h2*1-3,5-6,10,12-13,16,25H,4,19H2,(H,30,31)(H,32,33)(H2,20,21,22)(H2,27,28,29). The first-order chi connectivity index (χ1) is 37.9. The zero-order valence-corrected chi connectivity index (χ0v) is 46.8. The third kappa shape index (κ3) is 16.2. The van der Waals surface area contributed by atoms with Crippen LogP contribution in [0.15, 0.2) is 61.7 Å². The molecule has 0 spiro atoms. The van der Waals surface area contributed by atoms with Crippen molar-refractivity contribution < 1.29 is 132 Å². The topological polar surface area (TPSA) is 622 Å². The van der Waals surface area contributed by atoms with E-state index in [9.17, 15) is 66.8 Å². The fraction of sp³-hybridized carbons (Fsp3) is 0.294. The van der Waals surface area contributed by atoms with Gasteiger partial charge in [-0.05, 0) is 36.4 Å². The first-order valence-electron chi connectivity index (χ1n) is 21.5. The lowest BCUT2D eigenvalue weighted by atomic mass is 10.1. The predicted molar refractivity (Wildman–Crippen MR) is 269 cm³/mol. The lowest BCUT2D eigenvalue weighted by Gasteiger charge is -2.22. The smallest absolute Gasteiger partial charge is 0.453 e. The summed E-state index contributed by atoms with van der Waals surface area (Å²) in [6, 6.07) is 7.88. The minimum atomic E-state index is -5.82. The summed E-state index contributed by atoms with van der Waals surface area (Å²) < 4.78 is 118. The van der Waals surface area contributed by atoms with E-state index in [-0.39, 0.29) is 66.5 Å². The number of esters is 2. The van der Waals surface area contributed by atoms with Gasteiger partial charge in [0.15, 0.2) is 47.6 Å². The van der Waals surface area contributed by atoms with Crippen LogP contribution in [-0.4, -0.2) is 150 Å². The van der Waals surface area contributed by atoms with Gasteiger partial charge in [0.05, 0.1) is 37.0 Å².